The van der Waals surface area contributed by atoms with Crippen molar-refractivity contribution in [2.75, 3.05) is 38.2 Å². The van der Waals surface area contributed by atoms with Crippen molar-refractivity contribution < 1.29 is 9.53 Å². The summed E-state index contributed by atoms with van der Waals surface area (Å²) < 4.78 is 5.21. The van der Waals surface area contributed by atoms with Gasteiger partial charge in [0.25, 0.3) is 0 Å². The first-order valence-electron chi connectivity index (χ1n) is 8.78. The average molecular weight is 327 g/mol. The quantitative estimate of drug-likeness (QED) is 0.856. The molecule has 0 spiro atoms. The number of benzene rings is 1. The summed E-state index contributed by atoms with van der Waals surface area (Å²) in [5.74, 6) is 0.904. The lowest BCUT2D eigenvalue weighted by atomic mass is 9.86. The van der Waals surface area contributed by atoms with Gasteiger partial charge in [0, 0.05) is 31.9 Å². The van der Waals surface area contributed by atoms with Crippen LogP contribution in [0.5, 0.6) is 5.75 Å². The van der Waals surface area contributed by atoms with Crippen LogP contribution in [0.25, 0.3) is 0 Å². The third-order valence-electron chi connectivity index (χ3n) is 5.30. The molecule has 1 saturated carbocycles. The van der Waals surface area contributed by atoms with Gasteiger partial charge in [-0.25, -0.2) is 0 Å². The summed E-state index contributed by atoms with van der Waals surface area (Å²) in [6.07, 6.45) is 4.36. The van der Waals surface area contributed by atoms with Crippen molar-refractivity contribution in [1.29, 1.82) is 5.26 Å². The second-order valence-corrected chi connectivity index (χ2v) is 6.73. The van der Waals surface area contributed by atoms with Gasteiger partial charge in [0.05, 0.1) is 13.2 Å². The standard InChI is InChI=1S/C19H25N3O2/c1-24-17-7-5-16(6-8-17)21-11-4-12-22(14-13-21)18(23)19(15-20)9-2-3-10-19/h5-8H,2-4,9-14H2,1H3. The maximum Gasteiger partial charge on any atom is 0.243 e. The molecule has 128 valence electrons. The molecule has 0 N–H and O–H groups in total. The van der Waals surface area contributed by atoms with E-state index in [2.05, 4.69) is 23.1 Å². The van der Waals surface area contributed by atoms with Gasteiger partial charge in [0.1, 0.15) is 11.2 Å². The maximum atomic E-state index is 12.9. The second-order valence-electron chi connectivity index (χ2n) is 6.73. The number of ether oxygens (including phenoxy) is 1. The average Bonchev–Trinajstić information content (AvgIpc) is 2.99. The van der Waals surface area contributed by atoms with Crippen LogP contribution >= 0.6 is 0 Å². The van der Waals surface area contributed by atoms with E-state index >= 15 is 0 Å². The van der Waals surface area contributed by atoms with Gasteiger partial charge in [-0.1, -0.05) is 12.8 Å². The molecule has 0 aromatic heterocycles. The Bertz CT molecular complexity index is 614. The lowest BCUT2D eigenvalue weighted by Crippen LogP contribution is -2.43. The van der Waals surface area contributed by atoms with Crippen LogP contribution in [0, 0.1) is 16.7 Å². The van der Waals surface area contributed by atoms with Crippen LogP contribution in [0.1, 0.15) is 32.1 Å². The van der Waals surface area contributed by atoms with Gasteiger partial charge in [-0.15, -0.1) is 0 Å². The van der Waals surface area contributed by atoms with Gasteiger partial charge in [-0.3, -0.25) is 4.79 Å². The van der Waals surface area contributed by atoms with Gasteiger partial charge in [-0.2, -0.15) is 5.26 Å². The normalized spacial score (nSPS) is 20.3. The van der Waals surface area contributed by atoms with Crippen molar-refractivity contribution in [3.05, 3.63) is 24.3 Å². The van der Waals surface area contributed by atoms with E-state index < -0.39 is 5.41 Å². The first-order chi connectivity index (χ1) is 11.7. The smallest absolute Gasteiger partial charge is 0.243 e. The van der Waals surface area contributed by atoms with E-state index in [-0.39, 0.29) is 5.91 Å². The molecular formula is C19H25N3O2. The van der Waals surface area contributed by atoms with E-state index in [0.717, 1.165) is 63.2 Å². The Morgan fingerprint density at radius 3 is 2.42 bits per heavy atom. The van der Waals surface area contributed by atoms with Crippen molar-refractivity contribution in [1.82, 2.24) is 4.90 Å². The fraction of sp³-hybridized carbons (Fsp3) is 0.579. The zero-order chi connectivity index (χ0) is 17.0. The van der Waals surface area contributed by atoms with Gasteiger partial charge in [-0.05, 0) is 43.5 Å². The summed E-state index contributed by atoms with van der Waals surface area (Å²) in [7, 11) is 1.67. The Balaban J connectivity index is 1.66. The van der Waals surface area contributed by atoms with Crippen LogP contribution in [0.2, 0.25) is 0 Å². The SMILES string of the molecule is COc1ccc(N2CCCN(C(=O)C3(C#N)CCCC3)CC2)cc1. The second kappa shape index (κ2) is 7.12. The van der Waals surface area contributed by atoms with Crippen LogP contribution in [-0.2, 0) is 4.79 Å². The molecule has 1 amide bonds. The van der Waals surface area contributed by atoms with Gasteiger partial charge < -0.3 is 14.5 Å². The number of methoxy groups -OCH3 is 1. The highest BCUT2D eigenvalue weighted by molar-refractivity contribution is 5.86. The fourth-order valence-electron chi connectivity index (χ4n) is 3.83. The van der Waals surface area contributed by atoms with Crippen LogP contribution in [0.4, 0.5) is 5.69 Å². The molecule has 1 aromatic rings. The molecule has 0 radical (unpaired) electrons. The molecule has 1 saturated heterocycles. The monoisotopic (exact) mass is 327 g/mol. The van der Waals surface area contributed by atoms with Gasteiger partial charge in [0.2, 0.25) is 5.91 Å². The van der Waals surface area contributed by atoms with Gasteiger partial charge >= 0.3 is 0 Å². The number of nitriles is 1. The number of nitrogens with zero attached hydrogens (tertiary/aromatic N) is 3. The minimum absolute atomic E-state index is 0.0547. The zero-order valence-electron chi connectivity index (χ0n) is 14.3. The molecule has 1 aliphatic heterocycles. The van der Waals surface area contributed by atoms with Crippen molar-refractivity contribution in [2.45, 2.75) is 32.1 Å². The Kier molecular flexibility index (Phi) is 4.94. The summed E-state index contributed by atoms with van der Waals surface area (Å²) >= 11 is 0. The molecule has 1 aliphatic carbocycles. The summed E-state index contributed by atoms with van der Waals surface area (Å²) in [6, 6.07) is 10.4. The summed E-state index contributed by atoms with van der Waals surface area (Å²) in [5.41, 5.74) is 0.399. The predicted molar refractivity (Wildman–Crippen MR) is 92.9 cm³/mol. The molecule has 2 fully saturated rings. The third kappa shape index (κ3) is 3.19. The highest BCUT2D eigenvalue weighted by Crippen LogP contribution is 2.39. The van der Waals surface area contributed by atoms with Crippen LogP contribution in [0.3, 0.4) is 0 Å². The zero-order valence-corrected chi connectivity index (χ0v) is 14.3. The van der Waals surface area contributed by atoms with E-state index in [4.69, 9.17) is 4.74 Å². The topological polar surface area (TPSA) is 56.6 Å². The molecule has 1 aromatic carbocycles. The molecule has 2 aliphatic rings. The van der Waals surface area contributed by atoms with E-state index in [9.17, 15) is 10.1 Å². The molecule has 0 unspecified atom stereocenters. The summed E-state index contributed by atoms with van der Waals surface area (Å²) in [4.78, 5) is 17.1. The molecule has 5 heteroatoms. The first kappa shape index (κ1) is 16.6. The van der Waals surface area contributed by atoms with Crippen molar-refractivity contribution in [3.63, 3.8) is 0 Å². The molecule has 0 atom stereocenters. The number of amides is 1. The minimum atomic E-state index is -0.755. The largest absolute Gasteiger partial charge is 0.497 e. The molecule has 3 rings (SSSR count). The van der Waals surface area contributed by atoms with Crippen LogP contribution < -0.4 is 9.64 Å². The van der Waals surface area contributed by atoms with Crippen LogP contribution in [0.15, 0.2) is 24.3 Å². The number of rotatable bonds is 3. The molecule has 24 heavy (non-hydrogen) atoms. The van der Waals surface area contributed by atoms with Crippen molar-refractivity contribution >= 4 is 11.6 Å². The number of carbonyl (C=O) groups excluding carboxylic acids is 1. The maximum absolute atomic E-state index is 12.9. The van der Waals surface area contributed by atoms with Gasteiger partial charge in [0.15, 0.2) is 0 Å². The summed E-state index contributed by atoms with van der Waals surface area (Å²) in [5, 5.41) is 9.55. The summed E-state index contributed by atoms with van der Waals surface area (Å²) in [6.45, 7) is 3.17. The minimum Gasteiger partial charge on any atom is -0.497 e. The number of hydrogen-bond acceptors (Lipinski definition) is 4. The fourth-order valence-corrected chi connectivity index (χ4v) is 3.83. The molecule has 0 bridgehead atoms. The van der Waals surface area contributed by atoms with Crippen molar-refractivity contribution in [3.8, 4) is 11.8 Å². The van der Waals surface area contributed by atoms with E-state index in [1.165, 1.54) is 0 Å². The van der Waals surface area contributed by atoms with E-state index in [1.54, 1.807) is 7.11 Å². The Labute approximate surface area is 143 Å². The molecule has 5 nitrogen and oxygen atoms in total. The van der Waals surface area contributed by atoms with Crippen LogP contribution in [-0.4, -0.2) is 44.1 Å². The number of anilines is 1. The van der Waals surface area contributed by atoms with E-state index in [1.807, 2.05) is 17.0 Å². The predicted octanol–water partition coefficient (Wildman–Crippen LogP) is 2.82. The Hall–Kier alpha value is -2.22. The lowest BCUT2D eigenvalue weighted by Gasteiger charge is -2.29. The Morgan fingerprint density at radius 1 is 1.08 bits per heavy atom. The Morgan fingerprint density at radius 2 is 1.79 bits per heavy atom. The number of hydrogen-bond donors (Lipinski definition) is 0. The molecular weight excluding hydrogens is 302 g/mol. The first-order valence-corrected chi connectivity index (χ1v) is 8.78. The van der Waals surface area contributed by atoms with Crippen molar-refractivity contribution in [2.24, 2.45) is 5.41 Å². The highest BCUT2D eigenvalue weighted by atomic mass is 16.5. The van der Waals surface area contributed by atoms with E-state index in [0.29, 0.717) is 6.54 Å². The number of carbonyl (C=O) groups is 1. The molecule has 1 heterocycles. The lowest BCUT2D eigenvalue weighted by molar-refractivity contribution is -0.138. The highest BCUT2D eigenvalue weighted by Gasteiger charge is 2.44. The third-order valence-corrected chi connectivity index (χ3v) is 5.30.